The number of carbonyl (C=O) groups is 1. The number of Topliss-reactive ketones (excluding diaryl/α,β-unsaturated/α-hetero) is 1. The molecule has 0 saturated carbocycles. The minimum atomic E-state index is 0.00614. The van der Waals surface area contributed by atoms with E-state index in [1.807, 2.05) is 84.9 Å². The summed E-state index contributed by atoms with van der Waals surface area (Å²) in [7, 11) is 0. The maximum Gasteiger partial charge on any atom is 0.213 e. The molecule has 31 heavy (non-hydrogen) atoms. The highest BCUT2D eigenvalue weighted by atomic mass is 16.5. The molecule has 0 amide bonds. The van der Waals surface area contributed by atoms with Crippen LogP contribution in [0.4, 0.5) is 0 Å². The number of aromatic nitrogens is 1. The highest BCUT2D eigenvalue weighted by molar-refractivity contribution is 5.96. The van der Waals surface area contributed by atoms with Crippen LogP contribution in [-0.4, -0.2) is 10.8 Å². The predicted octanol–water partition coefficient (Wildman–Crippen LogP) is 6.11. The van der Waals surface area contributed by atoms with Crippen molar-refractivity contribution in [3.63, 3.8) is 0 Å². The van der Waals surface area contributed by atoms with Gasteiger partial charge in [0, 0.05) is 29.0 Å². The maximum absolute atomic E-state index is 11.9. The van der Waals surface area contributed by atoms with E-state index in [9.17, 15) is 4.79 Å². The predicted molar refractivity (Wildman–Crippen MR) is 121 cm³/mol. The fraction of sp³-hybridized carbons (Fsp3) is 0.111. The van der Waals surface area contributed by atoms with Crippen LogP contribution in [0.3, 0.4) is 0 Å². The highest BCUT2D eigenvalue weighted by Crippen LogP contribution is 2.32. The third kappa shape index (κ3) is 5.37. The van der Waals surface area contributed by atoms with Crippen molar-refractivity contribution in [1.29, 1.82) is 0 Å². The van der Waals surface area contributed by atoms with E-state index >= 15 is 0 Å². The number of ketones is 1. The van der Waals surface area contributed by atoms with Gasteiger partial charge in [-0.2, -0.15) is 0 Å². The van der Waals surface area contributed by atoms with E-state index in [-0.39, 0.29) is 5.78 Å². The molecule has 0 saturated heterocycles. The third-order valence-corrected chi connectivity index (χ3v) is 4.90. The molecule has 154 valence electrons. The molecule has 4 aromatic rings. The van der Waals surface area contributed by atoms with Crippen molar-refractivity contribution in [2.75, 3.05) is 0 Å². The highest BCUT2D eigenvalue weighted by Gasteiger charge is 2.11. The van der Waals surface area contributed by atoms with Crippen molar-refractivity contribution in [2.24, 2.45) is 0 Å². The van der Waals surface area contributed by atoms with Gasteiger partial charge in [-0.1, -0.05) is 60.7 Å². The van der Waals surface area contributed by atoms with Gasteiger partial charge in [0.25, 0.3) is 0 Å². The number of hydrogen-bond acceptors (Lipinski definition) is 4. The van der Waals surface area contributed by atoms with E-state index < -0.39 is 0 Å². The molecular formula is C27H23NO3. The summed E-state index contributed by atoms with van der Waals surface area (Å²) in [5.74, 6) is 1.25. The Balaban J connectivity index is 1.54. The molecule has 0 aliphatic carbocycles. The van der Waals surface area contributed by atoms with Crippen LogP contribution in [0, 0.1) is 0 Å². The fourth-order valence-electron chi connectivity index (χ4n) is 3.19. The van der Waals surface area contributed by atoms with Crippen LogP contribution in [0.2, 0.25) is 0 Å². The van der Waals surface area contributed by atoms with Crippen LogP contribution in [0.15, 0.2) is 97.2 Å². The standard InChI is InChI=1S/C27H23NO3/c1-20(29)23-12-14-26(30-18-21-8-4-2-5-9-21)25(16-23)24-13-15-27(28-17-24)31-19-22-10-6-3-7-11-22/h2-17H,18-19H2,1H3. The second-order valence-corrected chi connectivity index (χ2v) is 7.20. The Bertz CT molecular complexity index is 1140. The van der Waals surface area contributed by atoms with Gasteiger partial charge in [-0.15, -0.1) is 0 Å². The number of rotatable bonds is 8. The first-order valence-electron chi connectivity index (χ1n) is 10.1. The van der Waals surface area contributed by atoms with Crippen molar-refractivity contribution in [1.82, 2.24) is 4.98 Å². The molecule has 1 aromatic heterocycles. The molecule has 1 heterocycles. The second-order valence-electron chi connectivity index (χ2n) is 7.20. The van der Waals surface area contributed by atoms with Crippen molar-refractivity contribution in [2.45, 2.75) is 20.1 Å². The van der Waals surface area contributed by atoms with Gasteiger partial charge in [0.2, 0.25) is 5.88 Å². The molecule has 0 aliphatic heterocycles. The van der Waals surface area contributed by atoms with E-state index in [1.54, 1.807) is 19.2 Å². The van der Waals surface area contributed by atoms with Gasteiger partial charge in [0.15, 0.2) is 5.78 Å². The van der Waals surface area contributed by atoms with Crippen LogP contribution in [0.5, 0.6) is 11.6 Å². The first-order chi connectivity index (χ1) is 15.2. The topological polar surface area (TPSA) is 48.4 Å². The quantitative estimate of drug-likeness (QED) is 0.330. The zero-order valence-corrected chi connectivity index (χ0v) is 17.3. The van der Waals surface area contributed by atoms with E-state index in [1.165, 1.54) is 0 Å². The molecule has 4 heteroatoms. The summed E-state index contributed by atoms with van der Waals surface area (Å²) in [4.78, 5) is 16.4. The van der Waals surface area contributed by atoms with Crippen LogP contribution in [0.1, 0.15) is 28.4 Å². The molecule has 0 bridgehead atoms. The molecule has 3 aromatic carbocycles. The lowest BCUT2D eigenvalue weighted by molar-refractivity contribution is 0.101. The number of pyridine rings is 1. The number of hydrogen-bond donors (Lipinski definition) is 0. The van der Waals surface area contributed by atoms with Crippen LogP contribution >= 0.6 is 0 Å². The molecule has 0 atom stereocenters. The van der Waals surface area contributed by atoms with Crippen LogP contribution in [0.25, 0.3) is 11.1 Å². The molecule has 0 radical (unpaired) electrons. The Morgan fingerprint density at radius 2 is 1.42 bits per heavy atom. The summed E-state index contributed by atoms with van der Waals surface area (Å²) in [6.45, 7) is 2.46. The largest absolute Gasteiger partial charge is 0.488 e. The lowest BCUT2D eigenvalue weighted by Gasteiger charge is -2.13. The van der Waals surface area contributed by atoms with Gasteiger partial charge < -0.3 is 9.47 Å². The zero-order valence-electron chi connectivity index (χ0n) is 17.3. The summed E-state index contributed by atoms with van der Waals surface area (Å²) in [5.41, 5.74) is 4.47. The van der Waals surface area contributed by atoms with Crippen molar-refractivity contribution in [3.05, 3.63) is 114 Å². The number of benzene rings is 3. The molecule has 4 nitrogen and oxygen atoms in total. The Kier molecular flexibility index (Phi) is 6.38. The molecular weight excluding hydrogens is 386 g/mol. The summed E-state index contributed by atoms with van der Waals surface area (Å²) >= 11 is 0. The Morgan fingerprint density at radius 1 is 0.774 bits per heavy atom. The fourth-order valence-corrected chi connectivity index (χ4v) is 3.19. The lowest BCUT2D eigenvalue weighted by atomic mass is 10.0. The second kappa shape index (κ2) is 9.72. The lowest BCUT2D eigenvalue weighted by Crippen LogP contribution is -2.00. The van der Waals surface area contributed by atoms with Crippen molar-refractivity contribution < 1.29 is 14.3 Å². The van der Waals surface area contributed by atoms with Gasteiger partial charge in [-0.25, -0.2) is 4.98 Å². The smallest absolute Gasteiger partial charge is 0.213 e. The SMILES string of the molecule is CC(=O)c1ccc(OCc2ccccc2)c(-c2ccc(OCc3ccccc3)nc2)c1. The first kappa shape index (κ1) is 20.4. The van der Waals surface area contributed by atoms with Crippen LogP contribution in [-0.2, 0) is 13.2 Å². The Hall–Kier alpha value is -3.92. The minimum Gasteiger partial charge on any atom is -0.488 e. The third-order valence-electron chi connectivity index (χ3n) is 4.90. The van der Waals surface area contributed by atoms with E-state index in [4.69, 9.17) is 9.47 Å². The number of carbonyl (C=O) groups excluding carboxylic acids is 1. The number of ether oxygens (including phenoxy) is 2. The minimum absolute atomic E-state index is 0.00614. The Labute approximate surface area is 182 Å². The average molecular weight is 409 g/mol. The molecule has 0 spiro atoms. The average Bonchev–Trinajstić information content (AvgIpc) is 2.83. The Morgan fingerprint density at radius 3 is 2.00 bits per heavy atom. The number of nitrogens with zero attached hydrogens (tertiary/aromatic N) is 1. The summed E-state index contributed by atoms with van der Waals surface area (Å²) in [5, 5.41) is 0. The van der Waals surface area contributed by atoms with E-state index in [0.717, 1.165) is 22.3 Å². The maximum atomic E-state index is 11.9. The molecule has 0 aliphatic rings. The van der Waals surface area contributed by atoms with E-state index in [2.05, 4.69) is 4.98 Å². The summed E-state index contributed by atoms with van der Waals surface area (Å²) in [6.07, 6.45) is 1.74. The van der Waals surface area contributed by atoms with Gasteiger partial charge in [0.1, 0.15) is 19.0 Å². The summed E-state index contributed by atoms with van der Waals surface area (Å²) < 4.78 is 11.9. The monoisotopic (exact) mass is 409 g/mol. The van der Waals surface area contributed by atoms with Gasteiger partial charge in [-0.3, -0.25) is 4.79 Å². The molecule has 4 rings (SSSR count). The van der Waals surface area contributed by atoms with Gasteiger partial charge >= 0.3 is 0 Å². The van der Waals surface area contributed by atoms with E-state index in [0.29, 0.717) is 30.4 Å². The zero-order chi connectivity index (χ0) is 21.5. The van der Waals surface area contributed by atoms with Gasteiger partial charge in [0.05, 0.1) is 0 Å². The van der Waals surface area contributed by atoms with Crippen molar-refractivity contribution >= 4 is 5.78 Å². The van der Waals surface area contributed by atoms with Gasteiger partial charge in [-0.05, 0) is 42.3 Å². The normalized spacial score (nSPS) is 10.5. The first-order valence-corrected chi connectivity index (χ1v) is 10.1. The molecule has 0 unspecified atom stereocenters. The molecule has 0 fully saturated rings. The molecule has 0 N–H and O–H groups in total. The van der Waals surface area contributed by atoms with Crippen molar-refractivity contribution in [3.8, 4) is 22.8 Å². The van der Waals surface area contributed by atoms with Crippen LogP contribution < -0.4 is 9.47 Å². The summed E-state index contributed by atoms with van der Waals surface area (Å²) in [6, 6.07) is 29.2.